The van der Waals surface area contributed by atoms with E-state index < -0.39 is 0 Å². The average molecular weight is 244 g/mol. The Morgan fingerprint density at radius 3 is 2.56 bits per heavy atom. The standard InChI is InChI=1S/C16H20O2/c1-17-16(18-2)15-13-9-5-3-7-11(13)12-8-4-6-10-14(12)15/h3,5,7,9,15-16H,4,6,8,10H2,1-2H3. The fourth-order valence-corrected chi connectivity index (χ4v) is 3.49. The van der Waals surface area contributed by atoms with Crippen molar-refractivity contribution in [2.75, 3.05) is 14.2 Å². The quantitative estimate of drug-likeness (QED) is 0.754. The van der Waals surface area contributed by atoms with Gasteiger partial charge in [-0.1, -0.05) is 29.8 Å². The van der Waals surface area contributed by atoms with Crippen LogP contribution in [-0.2, 0) is 9.47 Å². The number of methoxy groups -OCH3 is 2. The van der Waals surface area contributed by atoms with Gasteiger partial charge in [-0.05, 0) is 42.4 Å². The van der Waals surface area contributed by atoms with E-state index in [1.165, 1.54) is 36.8 Å². The number of ether oxygens (including phenoxy) is 2. The predicted octanol–water partition coefficient (Wildman–Crippen LogP) is 3.73. The Morgan fingerprint density at radius 2 is 1.78 bits per heavy atom. The molecule has 3 rings (SSSR count). The molecule has 1 atom stereocenters. The SMILES string of the molecule is COC(OC)C1C2=C(CCCC2)c2ccccc21. The van der Waals surface area contributed by atoms with Crippen molar-refractivity contribution in [3.8, 4) is 0 Å². The maximum atomic E-state index is 5.53. The Bertz CT molecular complexity index is 472. The van der Waals surface area contributed by atoms with Gasteiger partial charge >= 0.3 is 0 Å². The van der Waals surface area contributed by atoms with Crippen molar-refractivity contribution in [2.45, 2.75) is 37.9 Å². The minimum Gasteiger partial charge on any atom is -0.355 e. The average Bonchev–Trinajstić information content (AvgIpc) is 2.76. The van der Waals surface area contributed by atoms with Gasteiger partial charge in [-0.25, -0.2) is 0 Å². The van der Waals surface area contributed by atoms with Crippen LogP contribution in [-0.4, -0.2) is 20.5 Å². The summed E-state index contributed by atoms with van der Waals surface area (Å²) in [7, 11) is 3.47. The van der Waals surface area contributed by atoms with Crippen LogP contribution in [0.5, 0.6) is 0 Å². The zero-order valence-electron chi connectivity index (χ0n) is 11.1. The monoisotopic (exact) mass is 244 g/mol. The maximum absolute atomic E-state index is 5.53. The highest BCUT2D eigenvalue weighted by atomic mass is 16.7. The molecule has 1 aromatic carbocycles. The molecule has 0 N–H and O–H groups in total. The molecule has 2 heteroatoms. The molecule has 0 saturated carbocycles. The molecule has 1 unspecified atom stereocenters. The lowest BCUT2D eigenvalue weighted by atomic mass is 9.87. The van der Waals surface area contributed by atoms with Gasteiger partial charge in [-0.15, -0.1) is 0 Å². The van der Waals surface area contributed by atoms with E-state index in [0.717, 1.165) is 0 Å². The number of fused-ring (bicyclic) bond motifs is 2. The molecule has 2 nitrogen and oxygen atoms in total. The lowest BCUT2D eigenvalue weighted by Crippen LogP contribution is -2.23. The van der Waals surface area contributed by atoms with Gasteiger partial charge in [0.2, 0.25) is 0 Å². The van der Waals surface area contributed by atoms with Crippen molar-refractivity contribution in [3.05, 3.63) is 41.0 Å². The van der Waals surface area contributed by atoms with Crippen LogP contribution in [0.1, 0.15) is 42.7 Å². The first kappa shape index (κ1) is 11.9. The Morgan fingerprint density at radius 1 is 1.06 bits per heavy atom. The van der Waals surface area contributed by atoms with Gasteiger partial charge < -0.3 is 9.47 Å². The molecular weight excluding hydrogens is 224 g/mol. The van der Waals surface area contributed by atoms with E-state index >= 15 is 0 Å². The molecule has 0 spiro atoms. The van der Waals surface area contributed by atoms with Gasteiger partial charge in [0, 0.05) is 14.2 Å². The third-order valence-electron chi connectivity index (χ3n) is 4.24. The number of benzene rings is 1. The van der Waals surface area contributed by atoms with Gasteiger partial charge in [0.15, 0.2) is 6.29 Å². The molecule has 0 amide bonds. The molecule has 0 bridgehead atoms. The van der Waals surface area contributed by atoms with Crippen molar-refractivity contribution in [3.63, 3.8) is 0 Å². The first-order chi connectivity index (χ1) is 8.86. The Balaban J connectivity index is 2.09. The lowest BCUT2D eigenvalue weighted by molar-refractivity contribution is -0.111. The highest BCUT2D eigenvalue weighted by molar-refractivity contribution is 5.79. The number of hydrogen-bond donors (Lipinski definition) is 0. The fraction of sp³-hybridized carbons (Fsp3) is 0.500. The summed E-state index contributed by atoms with van der Waals surface area (Å²) >= 11 is 0. The largest absolute Gasteiger partial charge is 0.355 e. The predicted molar refractivity (Wildman–Crippen MR) is 72.4 cm³/mol. The van der Waals surface area contributed by atoms with Crippen LogP contribution in [0.25, 0.3) is 5.57 Å². The van der Waals surface area contributed by atoms with E-state index in [4.69, 9.17) is 9.47 Å². The number of allylic oxidation sites excluding steroid dienone is 1. The van der Waals surface area contributed by atoms with Crippen molar-refractivity contribution < 1.29 is 9.47 Å². The van der Waals surface area contributed by atoms with Crippen LogP contribution in [0.15, 0.2) is 29.8 Å². The number of hydrogen-bond acceptors (Lipinski definition) is 2. The lowest BCUT2D eigenvalue weighted by Gasteiger charge is -2.26. The molecule has 0 saturated heterocycles. The summed E-state index contributed by atoms with van der Waals surface area (Å²) < 4.78 is 11.1. The second-order valence-corrected chi connectivity index (χ2v) is 5.12. The van der Waals surface area contributed by atoms with E-state index in [1.54, 1.807) is 25.4 Å². The van der Waals surface area contributed by atoms with E-state index in [1.807, 2.05) is 0 Å². The Kier molecular flexibility index (Phi) is 3.23. The molecule has 0 fully saturated rings. The van der Waals surface area contributed by atoms with Gasteiger partial charge in [0.25, 0.3) is 0 Å². The molecule has 18 heavy (non-hydrogen) atoms. The minimum absolute atomic E-state index is 0.156. The van der Waals surface area contributed by atoms with Gasteiger partial charge in [0.05, 0.1) is 5.92 Å². The van der Waals surface area contributed by atoms with Gasteiger partial charge in [-0.3, -0.25) is 0 Å². The summed E-state index contributed by atoms with van der Waals surface area (Å²) in [6.45, 7) is 0. The van der Waals surface area contributed by atoms with Crippen LogP contribution >= 0.6 is 0 Å². The zero-order chi connectivity index (χ0) is 12.5. The highest BCUT2D eigenvalue weighted by Crippen LogP contribution is 2.50. The molecule has 0 heterocycles. The topological polar surface area (TPSA) is 18.5 Å². The van der Waals surface area contributed by atoms with Crippen LogP contribution < -0.4 is 0 Å². The van der Waals surface area contributed by atoms with E-state index in [9.17, 15) is 0 Å². The number of rotatable bonds is 3. The summed E-state index contributed by atoms with van der Waals surface area (Å²) in [4.78, 5) is 0. The maximum Gasteiger partial charge on any atom is 0.167 e. The first-order valence-corrected chi connectivity index (χ1v) is 6.73. The molecule has 2 aliphatic carbocycles. The molecule has 0 aliphatic heterocycles. The highest BCUT2D eigenvalue weighted by Gasteiger charge is 2.37. The van der Waals surface area contributed by atoms with Crippen molar-refractivity contribution in [1.82, 2.24) is 0 Å². The third kappa shape index (κ3) is 1.72. The third-order valence-corrected chi connectivity index (χ3v) is 4.24. The second-order valence-electron chi connectivity index (χ2n) is 5.12. The molecule has 96 valence electrons. The van der Waals surface area contributed by atoms with Crippen LogP contribution in [0.3, 0.4) is 0 Å². The fourth-order valence-electron chi connectivity index (χ4n) is 3.49. The molecule has 0 radical (unpaired) electrons. The Labute approximate surface area is 109 Å². The van der Waals surface area contributed by atoms with Crippen LogP contribution in [0, 0.1) is 0 Å². The molecule has 0 aromatic heterocycles. The van der Waals surface area contributed by atoms with Crippen molar-refractivity contribution in [1.29, 1.82) is 0 Å². The summed E-state index contributed by atoms with van der Waals surface area (Å²) in [5.41, 5.74) is 5.92. The van der Waals surface area contributed by atoms with E-state index in [2.05, 4.69) is 24.3 Å². The molecule has 1 aromatic rings. The summed E-state index contributed by atoms with van der Waals surface area (Å²) in [6.07, 6.45) is 4.85. The first-order valence-electron chi connectivity index (χ1n) is 6.73. The molecular formula is C16H20O2. The van der Waals surface area contributed by atoms with Crippen LogP contribution in [0.4, 0.5) is 0 Å². The van der Waals surface area contributed by atoms with Crippen molar-refractivity contribution >= 4 is 5.57 Å². The smallest absolute Gasteiger partial charge is 0.167 e. The van der Waals surface area contributed by atoms with E-state index in [0.29, 0.717) is 5.92 Å². The summed E-state index contributed by atoms with van der Waals surface area (Å²) in [6, 6.07) is 8.73. The Hall–Kier alpha value is -1.12. The van der Waals surface area contributed by atoms with Gasteiger partial charge in [0.1, 0.15) is 0 Å². The summed E-state index contributed by atoms with van der Waals surface area (Å²) in [5.74, 6) is 0.298. The van der Waals surface area contributed by atoms with Crippen molar-refractivity contribution in [2.24, 2.45) is 0 Å². The van der Waals surface area contributed by atoms with Gasteiger partial charge in [-0.2, -0.15) is 0 Å². The second kappa shape index (κ2) is 4.87. The van der Waals surface area contributed by atoms with E-state index in [-0.39, 0.29) is 6.29 Å². The van der Waals surface area contributed by atoms with Crippen LogP contribution in [0.2, 0.25) is 0 Å². The molecule has 2 aliphatic rings. The normalized spacial score (nSPS) is 22.3. The summed E-state index contributed by atoms with van der Waals surface area (Å²) in [5, 5.41) is 0. The minimum atomic E-state index is -0.156. The zero-order valence-corrected chi connectivity index (χ0v) is 11.1.